The van der Waals surface area contributed by atoms with Gasteiger partial charge in [0, 0.05) is 6.54 Å². The maximum atomic E-state index is 12.3. The lowest BCUT2D eigenvalue weighted by Gasteiger charge is -2.18. The first-order chi connectivity index (χ1) is 10.6. The third-order valence-corrected chi connectivity index (χ3v) is 3.58. The number of para-hydroxylation sites is 1. The molecule has 2 aromatic carbocycles. The first-order valence-electron chi connectivity index (χ1n) is 7.65. The summed E-state index contributed by atoms with van der Waals surface area (Å²) in [6.45, 7) is 6.50. The van der Waals surface area contributed by atoms with Crippen molar-refractivity contribution in [2.75, 3.05) is 0 Å². The molecule has 0 bridgehead atoms. The van der Waals surface area contributed by atoms with E-state index in [1.54, 1.807) is 0 Å². The second kappa shape index (κ2) is 7.64. The predicted molar refractivity (Wildman–Crippen MR) is 88.9 cm³/mol. The molecule has 22 heavy (non-hydrogen) atoms. The smallest absolute Gasteiger partial charge is 0.261 e. The van der Waals surface area contributed by atoms with Crippen LogP contribution in [0.3, 0.4) is 0 Å². The largest absolute Gasteiger partial charge is 0.480 e. The quantitative estimate of drug-likeness (QED) is 0.881. The molecule has 3 nitrogen and oxygen atoms in total. The topological polar surface area (TPSA) is 38.3 Å². The Morgan fingerprint density at radius 1 is 1.14 bits per heavy atom. The highest BCUT2D eigenvalue weighted by Crippen LogP contribution is 2.18. The van der Waals surface area contributed by atoms with Gasteiger partial charge in [0.25, 0.3) is 5.91 Å². The fraction of sp³-hybridized carbons (Fsp3) is 0.316. The molecule has 0 aliphatic rings. The van der Waals surface area contributed by atoms with Crippen molar-refractivity contribution in [2.24, 2.45) is 0 Å². The first-order valence-corrected chi connectivity index (χ1v) is 7.65. The van der Waals surface area contributed by atoms with E-state index in [0.717, 1.165) is 16.9 Å². The van der Waals surface area contributed by atoms with Crippen molar-refractivity contribution in [2.45, 2.75) is 39.8 Å². The van der Waals surface area contributed by atoms with Crippen LogP contribution in [0.15, 0.2) is 48.5 Å². The zero-order chi connectivity index (χ0) is 15.9. The third kappa shape index (κ3) is 4.35. The number of aryl methyl sites for hydroxylation is 2. The highest BCUT2D eigenvalue weighted by molar-refractivity contribution is 5.81. The van der Waals surface area contributed by atoms with Crippen LogP contribution in [0.2, 0.25) is 0 Å². The minimum Gasteiger partial charge on any atom is -0.480 e. The summed E-state index contributed by atoms with van der Waals surface area (Å²) in [6.07, 6.45) is 0.166. The minimum atomic E-state index is -0.467. The van der Waals surface area contributed by atoms with E-state index < -0.39 is 6.10 Å². The van der Waals surface area contributed by atoms with E-state index in [1.807, 2.05) is 63.2 Å². The van der Waals surface area contributed by atoms with Crippen LogP contribution in [-0.4, -0.2) is 12.0 Å². The van der Waals surface area contributed by atoms with Gasteiger partial charge in [-0.05, 0) is 37.5 Å². The first kappa shape index (κ1) is 16.1. The van der Waals surface area contributed by atoms with Gasteiger partial charge in [0.05, 0.1) is 0 Å². The molecule has 0 aromatic heterocycles. The van der Waals surface area contributed by atoms with Gasteiger partial charge in [-0.2, -0.15) is 0 Å². The molecule has 1 amide bonds. The molecule has 2 rings (SSSR count). The van der Waals surface area contributed by atoms with Gasteiger partial charge in [-0.3, -0.25) is 4.79 Å². The number of amides is 1. The van der Waals surface area contributed by atoms with Crippen molar-refractivity contribution < 1.29 is 9.53 Å². The highest BCUT2D eigenvalue weighted by Gasteiger charge is 2.18. The molecular formula is C19H23NO2. The SMILES string of the molecule is CCC(Oc1ccccc1C)C(=O)NCc1cccc(C)c1. The molecule has 1 N–H and O–H groups in total. The van der Waals surface area contributed by atoms with Gasteiger partial charge < -0.3 is 10.1 Å². The van der Waals surface area contributed by atoms with E-state index in [0.29, 0.717) is 13.0 Å². The predicted octanol–water partition coefficient (Wildman–Crippen LogP) is 3.78. The Labute approximate surface area is 132 Å². The Morgan fingerprint density at radius 2 is 1.91 bits per heavy atom. The highest BCUT2D eigenvalue weighted by atomic mass is 16.5. The molecule has 116 valence electrons. The van der Waals surface area contributed by atoms with Crippen LogP contribution in [0.4, 0.5) is 0 Å². The van der Waals surface area contributed by atoms with Gasteiger partial charge in [-0.15, -0.1) is 0 Å². The number of carbonyl (C=O) groups excluding carboxylic acids is 1. The maximum absolute atomic E-state index is 12.3. The Morgan fingerprint density at radius 3 is 2.59 bits per heavy atom. The number of hydrogen-bond acceptors (Lipinski definition) is 2. The van der Waals surface area contributed by atoms with E-state index in [4.69, 9.17) is 4.74 Å². The van der Waals surface area contributed by atoms with E-state index in [-0.39, 0.29) is 5.91 Å². The van der Waals surface area contributed by atoms with Gasteiger partial charge >= 0.3 is 0 Å². The van der Waals surface area contributed by atoms with Crippen LogP contribution in [0.25, 0.3) is 0 Å². The summed E-state index contributed by atoms with van der Waals surface area (Å²) in [5, 5.41) is 2.95. The molecule has 0 radical (unpaired) electrons. The molecule has 0 spiro atoms. The van der Waals surface area contributed by atoms with Crippen LogP contribution < -0.4 is 10.1 Å². The van der Waals surface area contributed by atoms with Crippen molar-refractivity contribution >= 4 is 5.91 Å². The van der Waals surface area contributed by atoms with Crippen molar-refractivity contribution in [1.82, 2.24) is 5.32 Å². The Bertz CT molecular complexity index is 637. The summed E-state index contributed by atoms with van der Waals surface area (Å²) < 4.78 is 5.86. The summed E-state index contributed by atoms with van der Waals surface area (Å²) in [5.74, 6) is 0.687. The van der Waals surface area contributed by atoms with Crippen LogP contribution in [-0.2, 0) is 11.3 Å². The molecule has 1 atom stereocenters. The summed E-state index contributed by atoms with van der Waals surface area (Å²) in [6, 6.07) is 15.9. The summed E-state index contributed by atoms with van der Waals surface area (Å²) >= 11 is 0. The van der Waals surface area contributed by atoms with Crippen molar-refractivity contribution in [3.8, 4) is 5.75 Å². The molecule has 0 saturated heterocycles. The number of hydrogen-bond donors (Lipinski definition) is 1. The van der Waals surface area contributed by atoms with Crippen molar-refractivity contribution in [3.63, 3.8) is 0 Å². The molecule has 0 fully saturated rings. The van der Waals surface area contributed by atoms with Gasteiger partial charge in [0.2, 0.25) is 0 Å². The second-order valence-corrected chi connectivity index (χ2v) is 5.49. The van der Waals surface area contributed by atoms with Crippen LogP contribution in [0.5, 0.6) is 5.75 Å². The Hall–Kier alpha value is -2.29. The standard InChI is InChI=1S/C19H23NO2/c1-4-17(22-18-11-6-5-9-15(18)3)19(21)20-13-16-10-7-8-14(2)12-16/h5-12,17H,4,13H2,1-3H3,(H,20,21). The fourth-order valence-corrected chi connectivity index (χ4v) is 2.29. The molecule has 0 saturated carbocycles. The molecular weight excluding hydrogens is 274 g/mol. The number of nitrogens with one attached hydrogen (secondary N) is 1. The Kier molecular flexibility index (Phi) is 5.59. The molecule has 1 unspecified atom stereocenters. The van der Waals surface area contributed by atoms with Gasteiger partial charge in [-0.1, -0.05) is 55.0 Å². The van der Waals surface area contributed by atoms with E-state index in [1.165, 1.54) is 5.56 Å². The van der Waals surface area contributed by atoms with Gasteiger partial charge in [-0.25, -0.2) is 0 Å². The average molecular weight is 297 g/mol. The molecule has 0 aliphatic carbocycles. The fourth-order valence-electron chi connectivity index (χ4n) is 2.29. The Balaban J connectivity index is 1.96. The zero-order valence-electron chi connectivity index (χ0n) is 13.4. The van der Waals surface area contributed by atoms with Gasteiger partial charge in [0.1, 0.15) is 5.75 Å². The average Bonchev–Trinajstić information content (AvgIpc) is 2.52. The molecule has 3 heteroatoms. The molecule has 0 aliphatic heterocycles. The third-order valence-electron chi connectivity index (χ3n) is 3.58. The second-order valence-electron chi connectivity index (χ2n) is 5.49. The van der Waals surface area contributed by atoms with Crippen LogP contribution >= 0.6 is 0 Å². The lowest BCUT2D eigenvalue weighted by atomic mass is 10.1. The minimum absolute atomic E-state index is 0.0766. The van der Waals surface area contributed by atoms with E-state index in [9.17, 15) is 4.79 Å². The molecule has 0 heterocycles. The van der Waals surface area contributed by atoms with Crippen molar-refractivity contribution in [1.29, 1.82) is 0 Å². The lowest BCUT2D eigenvalue weighted by Crippen LogP contribution is -2.37. The number of rotatable bonds is 6. The normalized spacial score (nSPS) is 11.8. The zero-order valence-corrected chi connectivity index (χ0v) is 13.4. The summed E-state index contributed by atoms with van der Waals surface area (Å²) in [5.41, 5.74) is 3.32. The van der Waals surface area contributed by atoms with Crippen LogP contribution in [0.1, 0.15) is 30.0 Å². The van der Waals surface area contributed by atoms with Crippen LogP contribution in [0, 0.1) is 13.8 Å². The molecule has 2 aromatic rings. The van der Waals surface area contributed by atoms with E-state index >= 15 is 0 Å². The lowest BCUT2D eigenvalue weighted by molar-refractivity contribution is -0.128. The summed E-state index contributed by atoms with van der Waals surface area (Å²) in [4.78, 5) is 12.3. The number of carbonyl (C=O) groups is 1. The monoisotopic (exact) mass is 297 g/mol. The maximum Gasteiger partial charge on any atom is 0.261 e. The van der Waals surface area contributed by atoms with E-state index in [2.05, 4.69) is 11.4 Å². The number of ether oxygens (including phenoxy) is 1. The summed E-state index contributed by atoms with van der Waals surface area (Å²) in [7, 11) is 0. The van der Waals surface area contributed by atoms with Crippen molar-refractivity contribution in [3.05, 3.63) is 65.2 Å². The van der Waals surface area contributed by atoms with Gasteiger partial charge in [0.15, 0.2) is 6.10 Å². The number of benzene rings is 2.